The van der Waals surface area contributed by atoms with Gasteiger partial charge in [-0.2, -0.15) is 0 Å². The second-order valence-corrected chi connectivity index (χ2v) is 8.02. The first kappa shape index (κ1) is 20.0. The summed E-state index contributed by atoms with van der Waals surface area (Å²) >= 11 is 1.32. The van der Waals surface area contributed by atoms with Gasteiger partial charge < -0.3 is 9.15 Å². The SMILES string of the molecule is COc1cccc(N2C(=O)C(SCc3ccco3)=C(c3ccc(C)cc3C)C2=O)c1. The molecule has 0 atom stereocenters. The van der Waals surface area contributed by atoms with E-state index in [4.69, 9.17) is 9.15 Å². The van der Waals surface area contributed by atoms with Gasteiger partial charge in [0.25, 0.3) is 11.8 Å². The molecule has 0 bridgehead atoms. The molecule has 1 aliphatic rings. The van der Waals surface area contributed by atoms with Crippen LogP contribution in [0.4, 0.5) is 5.69 Å². The van der Waals surface area contributed by atoms with Gasteiger partial charge in [0.1, 0.15) is 11.5 Å². The van der Waals surface area contributed by atoms with Crippen molar-refractivity contribution in [1.82, 2.24) is 0 Å². The number of aryl methyl sites for hydroxylation is 2. The van der Waals surface area contributed by atoms with Gasteiger partial charge in [-0.3, -0.25) is 9.59 Å². The summed E-state index contributed by atoms with van der Waals surface area (Å²) in [5.74, 6) is 1.12. The van der Waals surface area contributed by atoms with E-state index < -0.39 is 0 Å². The van der Waals surface area contributed by atoms with Crippen molar-refractivity contribution in [1.29, 1.82) is 0 Å². The Morgan fingerprint density at radius 2 is 1.83 bits per heavy atom. The van der Waals surface area contributed by atoms with Crippen LogP contribution >= 0.6 is 11.8 Å². The molecule has 152 valence electrons. The van der Waals surface area contributed by atoms with Crippen LogP contribution in [0, 0.1) is 13.8 Å². The van der Waals surface area contributed by atoms with Crippen molar-refractivity contribution in [3.05, 3.63) is 88.2 Å². The van der Waals surface area contributed by atoms with Crippen LogP contribution in [0.2, 0.25) is 0 Å². The van der Waals surface area contributed by atoms with Gasteiger partial charge in [-0.05, 0) is 49.2 Å². The zero-order valence-corrected chi connectivity index (χ0v) is 17.8. The van der Waals surface area contributed by atoms with Crippen LogP contribution in [0.5, 0.6) is 5.75 Å². The van der Waals surface area contributed by atoms with E-state index in [9.17, 15) is 9.59 Å². The number of anilines is 1. The van der Waals surface area contributed by atoms with Crippen molar-refractivity contribution in [3.63, 3.8) is 0 Å². The topological polar surface area (TPSA) is 59.8 Å². The maximum Gasteiger partial charge on any atom is 0.272 e. The van der Waals surface area contributed by atoms with Crippen molar-refractivity contribution < 1.29 is 18.7 Å². The maximum atomic E-state index is 13.5. The fraction of sp³-hybridized carbons (Fsp3) is 0.167. The lowest BCUT2D eigenvalue weighted by molar-refractivity contribution is -0.119. The van der Waals surface area contributed by atoms with E-state index in [0.29, 0.717) is 27.7 Å². The number of hydrogen-bond acceptors (Lipinski definition) is 5. The number of benzene rings is 2. The largest absolute Gasteiger partial charge is 0.497 e. The van der Waals surface area contributed by atoms with Crippen LogP contribution < -0.4 is 9.64 Å². The van der Waals surface area contributed by atoms with Crippen LogP contribution in [0.1, 0.15) is 22.5 Å². The molecule has 1 aliphatic heterocycles. The summed E-state index contributed by atoms with van der Waals surface area (Å²) in [4.78, 5) is 28.5. The fourth-order valence-corrected chi connectivity index (χ4v) is 4.50. The highest BCUT2D eigenvalue weighted by Gasteiger charge is 2.40. The summed E-state index contributed by atoms with van der Waals surface area (Å²) in [5.41, 5.74) is 3.74. The lowest BCUT2D eigenvalue weighted by Gasteiger charge is -2.16. The van der Waals surface area contributed by atoms with Crippen LogP contribution in [-0.4, -0.2) is 18.9 Å². The number of thioether (sulfide) groups is 1. The van der Waals surface area contributed by atoms with E-state index in [2.05, 4.69) is 0 Å². The number of methoxy groups -OCH3 is 1. The lowest BCUT2D eigenvalue weighted by Crippen LogP contribution is -2.31. The molecule has 5 nitrogen and oxygen atoms in total. The monoisotopic (exact) mass is 419 g/mol. The summed E-state index contributed by atoms with van der Waals surface area (Å²) in [6, 6.07) is 16.5. The number of carbonyl (C=O) groups excluding carboxylic acids is 2. The van der Waals surface area contributed by atoms with Gasteiger partial charge >= 0.3 is 0 Å². The normalized spacial score (nSPS) is 14.0. The highest BCUT2D eigenvalue weighted by molar-refractivity contribution is 8.03. The standard InChI is InChI=1S/C24H21NO4S/c1-15-9-10-20(16(2)12-15)21-22(30-14-19-8-5-11-29-19)24(27)25(23(21)26)17-6-4-7-18(13-17)28-3/h4-13H,14H2,1-3H3. The molecule has 2 aromatic carbocycles. The molecule has 6 heteroatoms. The molecule has 0 radical (unpaired) electrons. The summed E-state index contributed by atoms with van der Waals surface area (Å²) in [6.45, 7) is 3.96. The molecule has 0 unspecified atom stereocenters. The van der Waals surface area contributed by atoms with E-state index in [1.54, 1.807) is 43.7 Å². The molecular formula is C24H21NO4S. The van der Waals surface area contributed by atoms with Gasteiger partial charge in [-0.15, -0.1) is 11.8 Å². The third-order valence-corrected chi connectivity index (χ3v) is 6.04. The summed E-state index contributed by atoms with van der Waals surface area (Å²) in [6.07, 6.45) is 1.60. The average molecular weight is 420 g/mol. The summed E-state index contributed by atoms with van der Waals surface area (Å²) in [7, 11) is 1.55. The molecule has 0 aliphatic carbocycles. The highest BCUT2D eigenvalue weighted by atomic mass is 32.2. The van der Waals surface area contributed by atoms with Crippen LogP contribution in [0.25, 0.3) is 5.57 Å². The number of rotatable bonds is 6. The Balaban J connectivity index is 1.79. The molecule has 2 amide bonds. The molecule has 0 spiro atoms. The predicted octanol–water partition coefficient (Wildman–Crippen LogP) is 5.12. The van der Waals surface area contributed by atoms with Gasteiger partial charge in [0.2, 0.25) is 0 Å². The van der Waals surface area contributed by atoms with Crippen molar-refractivity contribution in [2.75, 3.05) is 12.0 Å². The Kier molecular flexibility index (Phi) is 5.50. The Bertz CT molecular complexity index is 1150. The Hall–Kier alpha value is -3.25. The molecule has 30 heavy (non-hydrogen) atoms. The molecule has 0 saturated carbocycles. The molecule has 3 aromatic rings. The zero-order chi connectivity index (χ0) is 21.3. The van der Waals surface area contributed by atoms with Crippen molar-refractivity contribution in [3.8, 4) is 5.75 Å². The van der Waals surface area contributed by atoms with Gasteiger partial charge in [0.15, 0.2) is 0 Å². The number of ether oxygens (including phenoxy) is 1. The molecule has 2 heterocycles. The van der Waals surface area contributed by atoms with Crippen LogP contribution in [0.3, 0.4) is 0 Å². The molecule has 0 N–H and O–H groups in total. The Morgan fingerprint density at radius 3 is 2.53 bits per heavy atom. The minimum atomic E-state index is -0.334. The fourth-order valence-electron chi connectivity index (χ4n) is 3.50. The minimum absolute atomic E-state index is 0.331. The summed E-state index contributed by atoms with van der Waals surface area (Å²) < 4.78 is 10.7. The quantitative estimate of drug-likeness (QED) is 0.519. The number of hydrogen-bond donors (Lipinski definition) is 0. The zero-order valence-electron chi connectivity index (χ0n) is 17.0. The van der Waals surface area contributed by atoms with E-state index >= 15 is 0 Å². The Morgan fingerprint density at radius 1 is 1.00 bits per heavy atom. The third-order valence-electron chi connectivity index (χ3n) is 4.94. The molecule has 0 fully saturated rings. The average Bonchev–Trinajstić information content (AvgIpc) is 3.33. The second kappa shape index (κ2) is 8.24. The predicted molar refractivity (Wildman–Crippen MR) is 118 cm³/mol. The maximum absolute atomic E-state index is 13.5. The Labute approximate surface area is 179 Å². The van der Waals surface area contributed by atoms with Crippen molar-refractivity contribution in [2.24, 2.45) is 0 Å². The first-order valence-corrected chi connectivity index (χ1v) is 10.5. The minimum Gasteiger partial charge on any atom is -0.497 e. The van der Waals surface area contributed by atoms with E-state index in [-0.39, 0.29) is 11.8 Å². The highest BCUT2D eigenvalue weighted by Crippen LogP contribution is 2.41. The van der Waals surface area contributed by atoms with E-state index in [1.807, 2.05) is 38.1 Å². The van der Waals surface area contributed by atoms with Gasteiger partial charge in [-0.25, -0.2) is 4.90 Å². The molecule has 4 rings (SSSR count). The number of carbonyl (C=O) groups is 2. The van der Waals surface area contributed by atoms with Gasteiger partial charge in [-0.1, -0.05) is 29.8 Å². The second-order valence-electron chi connectivity index (χ2n) is 7.04. The first-order chi connectivity index (χ1) is 14.5. The number of imide groups is 1. The van der Waals surface area contributed by atoms with Gasteiger partial charge in [0.05, 0.1) is 35.3 Å². The third kappa shape index (κ3) is 3.66. The van der Waals surface area contributed by atoms with Gasteiger partial charge in [0, 0.05) is 6.07 Å². The smallest absolute Gasteiger partial charge is 0.272 e. The van der Waals surface area contributed by atoms with E-state index in [0.717, 1.165) is 22.5 Å². The van der Waals surface area contributed by atoms with Crippen molar-refractivity contribution in [2.45, 2.75) is 19.6 Å². The number of nitrogens with zero attached hydrogens (tertiary/aromatic N) is 1. The van der Waals surface area contributed by atoms with Crippen LogP contribution in [0.15, 0.2) is 70.2 Å². The molecule has 1 aromatic heterocycles. The van der Waals surface area contributed by atoms with Crippen LogP contribution in [-0.2, 0) is 15.3 Å². The number of furan rings is 1. The summed E-state index contributed by atoms with van der Waals surface area (Å²) in [5, 5.41) is 0. The van der Waals surface area contributed by atoms with Crippen molar-refractivity contribution >= 4 is 34.8 Å². The van der Waals surface area contributed by atoms with E-state index in [1.165, 1.54) is 16.7 Å². The first-order valence-electron chi connectivity index (χ1n) is 9.49. The molecular weight excluding hydrogens is 398 g/mol. The molecule has 0 saturated heterocycles. The lowest BCUT2D eigenvalue weighted by atomic mass is 9.99. The number of amides is 2.